The van der Waals surface area contributed by atoms with E-state index in [2.05, 4.69) is 26.2 Å². The number of carbonyl (C=O) groups excluding carboxylic acids is 1. The molecular formula is C9H9BrF2N2O. The summed E-state index contributed by atoms with van der Waals surface area (Å²) in [6, 6.07) is 2.91. The summed E-state index contributed by atoms with van der Waals surface area (Å²) in [5, 5.41) is 2.13. The molecule has 6 heteroatoms. The van der Waals surface area contributed by atoms with Crippen molar-refractivity contribution in [2.45, 2.75) is 12.8 Å². The van der Waals surface area contributed by atoms with E-state index in [0.717, 1.165) is 6.92 Å². The van der Waals surface area contributed by atoms with Crippen LogP contribution in [0.5, 0.6) is 0 Å². The Kier molecular flexibility index (Phi) is 3.73. The monoisotopic (exact) mass is 278 g/mol. The molecular weight excluding hydrogens is 270 g/mol. The van der Waals surface area contributed by atoms with Gasteiger partial charge < -0.3 is 5.32 Å². The van der Waals surface area contributed by atoms with Gasteiger partial charge in [0.1, 0.15) is 4.60 Å². The van der Waals surface area contributed by atoms with E-state index in [0.29, 0.717) is 10.2 Å². The first-order valence-electron chi connectivity index (χ1n) is 4.16. The number of pyridine rings is 1. The number of halogens is 3. The van der Waals surface area contributed by atoms with Gasteiger partial charge in [-0.1, -0.05) is 0 Å². The van der Waals surface area contributed by atoms with E-state index in [1.54, 1.807) is 0 Å². The Labute approximate surface area is 94.0 Å². The third-order valence-corrected chi connectivity index (χ3v) is 1.98. The second kappa shape index (κ2) is 4.65. The first-order chi connectivity index (χ1) is 6.88. The van der Waals surface area contributed by atoms with Gasteiger partial charge in [-0.05, 0) is 28.1 Å². The smallest absolute Gasteiger partial charge is 0.262 e. The average molecular weight is 279 g/mol. The van der Waals surface area contributed by atoms with Crippen LogP contribution in [0, 0.1) is 0 Å². The number of hydrogen-bond acceptors (Lipinski definition) is 2. The van der Waals surface area contributed by atoms with Crippen molar-refractivity contribution in [3.63, 3.8) is 0 Å². The van der Waals surface area contributed by atoms with Gasteiger partial charge in [0, 0.05) is 18.7 Å². The molecule has 1 aromatic rings. The van der Waals surface area contributed by atoms with Crippen molar-refractivity contribution in [2.24, 2.45) is 0 Å². The van der Waals surface area contributed by atoms with E-state index >= 15 is 0 Å². The van der Waals surface area contributed by atoms with Gasteiger partial charge in [0.05, 0.1) is 6.54 Å². The predicted octanol–water partition coefficient (Wildman–Crippen LogP) is 2.23. The summed E-state index contributed by atoms with van der Waals surface area (Å²) in [5.74, 6) is -3.44. The Morgan fingerprint density at radius 2 is 2.33 bits per heavy atom. The molecule has 0 aliphatic heterocycles. The van der Waals surface area contributed by atoms with Gasteiger partial charge in [-0.25, -0.2) is 13.8 Å². The van der Waals surface area contributed by atoms with Crippen LogP contribution >= 0.6 is 15.9 Å². The van der Waals surface area contributed by atoms with Crippen LogP contribution in [-0.4, -0.2) is 23.4 Å². The molecule has 0 aliphatic carbocycles. The molecule has 0 unspecified atom stereocenters. The van der Waals surface area contributed by atoms with Gasteiger partial charge in [0.25, 0.3) is 11.8 Å². The molecule has 0 saturated carbocycles. The molecule has 0 saturated heterocycles. The molecule has 1 rings (SSSR count). The Morgan fingerprint density at radius 3 is 2.87 bits per heavy atom. The summed E-state index contributed by atoms with van der Waals surface area (Å²) in [4.78, 5) is 15.2. The maximum Gasteiger partial charge on any atom is 0.262 e. The van der Waals surface area contributed by atoms with Crippen molar-refractivity contribution in [1.29, 1.82) is 0 Å². The molecule has 0 aromatic carbocycles. The van der Waals surface area contributed by atoms with Gasteiger partial charge in [-0.2, -0.15) is 0 Å². The minimum absolute atomic E-state index is 0.293. The summed E-state index contributed by atoms with van der Waals surface area (Å²) < 4.78 is 25.4. The number of alkyl halides is 2. The molecule has 1 heterocycles. The summed E-state index contributed by atoms with van der Waals surface area (Å²) in [6.45, 7) is 0.0710. The third kappa shape index (κ3) is 4.33. The fourth-order valence-corrected chi connectivity index (χ4v) is 1.25. The van der Waals surface area contributed by atoms with E-state index in [-0.39, 0.29) is 0 Å². The van der Waals surface area contributed by atoms with E-state index in [9.17, 15) is 13.6 Å². The SMILES string of the molecule is CC(F)(F)CNC(=O)c1ccnc(Br)c1. The van der Waals surface area contributed by atoms with Gasteiger partial charge in [0.2, 0.25) is 0 Å². The van der Waals surface area contributed by atoms with Crippen LogP contribution in [0.4, 0.5) is 8.78 Å². The molecule has 0 spiro atoms. The molecule has 0 aliphatic rings. The standard InChI is InChI=1S/C9H9BrF2N2O/c1-9(11,12)5-14-8(15)6-2-3-13-7(10)4-6/h2-4H,5H2,1H3,(H,14,15). The molecule has 0 radical (unpaired) electrons. The largest absolute Gasteiger partial charge is 0.346 e. The van der Waals surface area contributed by atoms with E-state index in [4.69, 9.17) is 0 Å². The maximum absolute atomic E-state index is 12.4. The van der Waals surface area contributed by atoms with Crippen LogP contribution in [0.3, 0.4) is 0 Å². The van der Waals surface area contributed by atoms with Crippen LogP contribution in [0.15, 0.2) is 22.9 Å². The molecule has 15 heavy (non-hydrogen) atoms. The van der Waals surface area contributed by atoms with Crippen LogP contribution in [0.1, 0.15) is 17.3 Å². The van der Waals surface area contributed by atoms with Crippen molar-refractivity contribution in [3.8, 4) is 0 Å². The zero-order valence-electron chi connectivity index (χ0n) is 7.93. The van der Waals surface area contributed by atoms with E-state index in [1.807, 2.05) is 0 Å². The van der Waals surface area contributed by atoms with Crippen molar-refractivity contribution in [3.05, 3.63) is 28.5 Å². The number of nitrogens with zero attached hydrogens (tertiary/aromatic N) is 1. The highest BCUT2D eigenvalue weighted by molar-refractivity contribution is 9.10. The number of hydrogen-bond donors (Lipinski definition) is 1. The first-order valence-corrected chi connectivity index (χ1v) is 4.95. The van der Waals surface area contributed by atoms with Crippen LogP contribution in [-0.2, 0) is 0 Å². The fraction of sp³-hybridized carbons (Fsp3) is 0.333. The summed E-state index contributed by atoms with van der Waals surface area (Å²) in [7, 11) is 0. The minimum atomic E-state index is -2.90. The quantitative estimate of drug-likeness (QED) is 0.862. The van der Waals surface area contributed by atoms with Gasteiger partial charge in [0.15, 0.2) is 0 Å². The summed E-state index contributed by atoms with van der Waals surface area (Å²) in [6.07, 6.45) is 1.42. The Hall–Kier alpha value is -1.04. The molecule has 1 aromatic heterocycles. The molecule has 1 N–H and O–H groups in total. The number of amides is 1. The average Bonchev–Trinajstić information content (AvgIpc) is 2.13. The fourth-order valence-electron chi connectivity index (χ4n) is 0.881. The molecule has 0 atom stereocenters. The second-order valence-corrected chi connectivity index (χ2v) is 3.93. The van der Waals surface area contributed by atoms with Crippen molar-refractivity contribution in [1.82, 2.24) is 10.3 Å². The highest BCUT2D eigenvalue weighted by atomic mass is 79.9. The topological polar surface area (TPSA) is 42.0 Å². The predicted molar refractivity (Wildman–Crippen MR) is 54.9 cm³/mol. The highest BCUT2D eigenvalue weighted by Gasteiger charge is 2.22. The van der Waals surface area contributed by atoms with E-state index in [1.165, 1.54) is 18.3 Å². The molecule has 3 nitrogen and oxygen atoms in total. The summed E-state index contributed by atoms with van der Waals surface area (Å²) in [5.41, 5.74) is 0.293. The number of rotatable bonds is 3. The zero-order chi connectivity index (χ0) is 11.5. The summed E-state index contributed by atoms with van der Waals surface area (Å²) >= 11 is 3.08. The molecule has 82 valence electrons. The Morgan fingerprint density at radius 1 is 1.67 bits per heavy atom. The first kappa shape index (κ1) is 12.0. The lowest BCUT2D eigenvalue weighted by Gasteiger charge is -2.11. The number of aromatic nitrogens is 1. The lowest BCUT2D eigenvalue weighted by molar-refractivity contribution is 0.0221. The lowest BCUT2D eigenvalue weighted by atomic mass is 10.2. The van der Waals surface area contributed by atoms with Crippen LogP contribution < -0.4 is 5.32 Å². The number of nitrogens with one attached hydrogen (secondary N) is 1. The van der Waals surface area contributed by atoms with Crippen molar-refractivity contribution < 1.29 is 13.6 Å². The Balaban J connectivity index is 2.62. The van der Waals surface area contributed by atoms with Gasteiger partial charge in [-0.15, -0.1) is 0 Å². The zero-order valence-corrected chi connectivity index (χ0v) is 9.51. The third-order valence-electron chi connectivity index (χ3n) is 1.55. The second-order valence-electron chi connectivity index (χ2n) is 3.12. The molecule has 0 fully saturated rings. The highest BCUT2D eigenvalue weighted by Crippen LogP contribution is 2.11. The van der Waals surface area contributed by atoms with Gasteiger partial charge in [-0.3, -0.25) is 4.79 Å². The van der Waals surface area contributed by atoms with Crippen LogP contribution in [0.25, 0.3) is 0 Å². The normalized spacial score (nSPS) is 11.2. The number of carbonyl (C=O) groups is 1. The van der Waals surface area contributed by atoms with Gasteiger partial charge >= 0.3 is 0 Å². The van der Waals surface area contributed by atoms with E-state index < -0.39 is 18.4 Å². The maximum atomic E-state index is 12.4. The minimum Gasteiger partial charge on any atom is -0.346 e. The lowest BCUT2D eigenvalue weighted by Crippen LogP contribution is -2.34. The molecule has 1 amide bonds. The Bertz CT molecular complexity index is 365. The van der Waals surface area contributed by atoms with Crippen molar-refractivity contribution in [2.75, 3.05) is 6.54 Å². The van der Waals surface area contributed by atoms with Crippen molar-refractivity contribution >= 4 is 21.8 Å². The van der Waals surface area contributed by atoms with Crippen LogP contribution in [0.2, 0.25) is 0 Å². The molecule has 0 bridgehead atoms.